The van der Waals surface area contributed by atoms with Crippen LogP contribution in [0.2, 0.25) is 0 Å². The normalized spacial score (nSPS) is 11.1. The number of carbonyl (C=O) groups is 2. The number of ketones is 2. The molecule has 0 saturated heterocycles. The van der Waals surface area contributed by atoms with Crippen LogP contribution < -0.4 is 0 Å². The van der Waals surface area contributed by atoms with E-state index in [4.69, 9.17) is 23.7 Å². The molecule has 23 heavy (non-hydrogen) atoms. The van der Waals surface area contributed by atoms with Gasteiger partial charge in [-0.2, -0.15) is 0 Å². The summed E-state index contributed by atoms with van der Waals surface area (Å²) in [6.45, 7) is 9.07. The van der Waals surface area contributed by atoms with Gasteiger partial charge in [0.1, 0.15) is 13.2 Å². The molecule has 0 aliphatic heterocycles. The van der Waals surface area contributed by atoms with Crippen molar-refractivity contribution >= 4 is 11.6 Å². The number of Topliss-reactive ketones (excluding diaryl/α,β-unsaturated/α-hetero) is 2. The summed E-state index contributed by atoms with van der Waals surface area (Å²) in [6, 6.07) is 0. The number of carbonyl (C=O) groups excluding carboxylic acids is 2. The van der Waals surface area contributed by atoms with Gasteiger partial charge >= 0.3 is 0 Å². The SMILES string of the molecule is CC(=O)COCCOCCOCCOCCOCC(=O)C(C)C. The zero-order chi connectivity index (χ0) is 17.3. The molecule has 0 spiro atoms. The fourth-order valence-corrected chi connectivity index (χ4v) is 1.33. The van der Waals surface area contributed by atoms with Crippen LogP contribution in [0.25, 0.3) is 0 Å². The minimum atomic E-state index is 0.00487. The van der Waals surface area contributed by atoms with Crippen molar-refractivity contribution in [3.63, 3.8) is 0 Å². The van der Waals surface area contributed by atoms with Gasteiger partial charge in [-0.25, -0.2) is 0 Å². The highest BCUT2D eigenvalue weighted by molar-refractivity contribution is 5.81. The average Bonchev–Trinajstić information content (AvgIpc) is 2.50. The minimum absolute atomic E-state index is 0.00487. The van der Waals surface area contributed by atoms with Crippen molar-refractivity contribution in [1.82, 2.24) is 0 Å². The molecule has 0 unspecified atom stereocenters. The van der Waals surface area contributed by atoms with Crippen molar-refractivity contribution in [2.24, 2.45) is 5.92 Å². The lowest BCUT2D eigenvalue weighted by Crippen LogP contribution is -2.17. The molecular formula is C16H30O7. The first-order valence-electron chi connectivity index (χ1n) is 7.95. The summed E-state index contributed by atoms with van der Waals surface area (Å²) in [5, 5.41) is 0. The molecule has 0 aromatic heterocycles. The van der Waals surface area contributed by atoms with Crippen LogP contribution in [0.4, 0.5) is 0 Å². The largest absolute Gasteiger partial charge is 0.377 e. The van der Waals surface area contributed by atoms with E-state index in [-0.39, 0.29) is 30.7 Å². The van der Waals surface area contributed by atoms with Crippen molar-refractivity contribution < 1.29 is 33.3 Å². The number of ether oxygens (including phenoxy) is 5. The predicted molar refractivity (Wildman–Crippen MR) is 84.6 cm³/mol. The topological polar surface area (TPSA) is 80.3 Å². The maximum Gasteiger partial charge on any atom is 0.160 e. The van der Waals surface area contributed by atoms with Crippen molar-refractivity contribution in [1.29, 1.82) is 0 Å². The van der Waals surface area contributed by atoms with E-state index in [1.807, 2.05) is 13.8 Å². The number of hydrogen-bond acceptors (Lipinski definition) is 7. The van der Waals surface area contributed by atoms with Gasteiger partial charge in [0.25, 0.3) is 0 Å². The standard InChI is InChI=1S/C16H30O7/c1-14(2)16(18)13-23-11-9-21-7-5-19-4-6-20-8-10-22-12-15(3)17/h14H,4-13H2,1-3H3. The highest BCUT2D eigenvalue weighted by atomic mass is 16.6. The predicted octanol–water partition coefficient (Wildman–Crippen LogP) is 0.884. The third-order valence-electron chi connectivity index (χ3n) is 2.68. The first-order valence-corrected chi connectivity index (χ1v) is 7.95. The maximum absolute atomic E-state index is 11.3. The van der Waals surface area contributed by atoms with Crippen molar-refractivity contribution in [2.45, 2.75) is 20.8 Å². The van der Waals surface area contributed by atoms with Crippen LogP contribution in [-0.4, -0.2) is 77.6 Å². The molecule has 0 heterocycles. The van der Waals surface area contributed by atoms with Crippen LogP contribution in [0.15, 0.2) is 0 Å². The Morgan fingerprint density at radius 2 is 1.00 bits per heavy atom. The molecule has 136 valence electrons. The van der Waals surface area contributed by atoms with Gasteiger partial charge in [0, 0.05) is 5.92 Å². The van der Waals surface area contributed by atoms with E-state index in [9.17, 15) is 9.59 Å². The monoisotopic (exact) mass is 334 g/mol. The smallest absolute Gasteiger partial charge is 0.160 e. The number of rotatable bonds is 17. The molecular weight excluding hydrogens is 304 g/mol. The first kappa shape index (κ1) is 22.1. The second-order valence-electron chi connectivity index (χ2n) is 5.27. The van der Waals surface area contributed by atoms with E-state index in [0.717, 1.165) is 0 Å². The van der Waals surface area contributed by atoms with Crippen LogP contribution in [0.3, 0.4) is 0 Å². The zero-order valence-corrected chi connectivity index (χ0v) is 14.5. The van der Waals surface area contributed by atoms with Gasteiger partial charge in [-0.15, -0.1) is 0 Å². The lowest BCUT2D eigenvalue weighted by molar-refractivity contribution is -0.127. The molecule has 0 fully saturated rings. The van der Waals surface area contributed by atoms with E-state index in [1.165, 1.54) is 6.92 Å². The van der Waals surface area contributed by atoms with Crippen LogP contribution in [0.5, 0.6) is 0 Å². The second kappa shape index (κ2) is 16.0. The maximum atomic E-state index is 11.3. The molecule has 0 bridgehead atoms. The van der Waals surface area contributed by atoms with Gasteiger partial charge < -0.3 is 23.7 Å². The van der Waals surface area contributed by atoms with E-state index in [2.05, 4.69) is 0 Å². The highest BCUT2D eigenvalue weighted by Gasteiger charge is 2.06. The van der Waals surface area contributed by atoms with Crippen LogP contribution in [-0.2, 0) is 33.3 Å². The Bertz CT molecular complexity index is 305. The van der Waals surface area contributed by atoms with E-state index in [1.54, 1.807) is 0 Å². The molecule has 0 aliphatic carbocycles. The molecule has 0 saturated carbocycles. The van der Waals surface area contributed by atoms with E-state index >= 15 is 0 Å². The van der Waals surface area contributed by atoms with Crippen molar-refractivity contribution in [3.05, 3.63) is 0 Å². The summed E-state index contributed by atoms with van der Waals surface area (Å²) in [6.07, 6.45) is 0. The fourth-order valence-electron chi connectivity index (χ4n) is 1.33. The Balaban J connectivity index is 3.08. The molecule has 0 aliphatic rings. The molecule has 0 amide bonds. The Hall–Kier alpha value is -0.860. The summed E-state index contributed by atoms with van der Waals surface area (Å²) < 4.78 is 26.1. The summed E-state index contributed by atoms with van der Waals surface area (Å²) in [5.41, 5.74) is 0. The summed E-state index contributed by atoms with van der Waals surface area (Å²) in [5.74, 6) is 0.109. The van der Waals surface area contributed by atoms with Gasteiger partial charge in [-0.05, 0) is 6.92 Å². The van der Waals surface area contributed by atoms with Crippen molar-refractivity contribution in [2.75, 3.05) is 66.1 Å². The first-order chi connectivity index (χ1) is 11.0. The number of hydrogen-bond donors (Lipinski definition) is 0. The van der Waals surface area contributed by atoms with Gasteiger partial charge in [-0.3, -0.25) is 9.59 Å². The second-order valence-corrected chi connectivity index (χ2v) is 5.27. The lowest BCUT2D eigenvalue weighted by Gasteiger charge is -2.08. The quantitative estimate of drug-likeness (QED) is 0.365. The van der Waals surface area contributed by atoms with Gasteiger partial charge in [0.15, 0.2) is 11.6 Å². The summed E-state index contributed by atoms with van der Waals surface area (Å²) in [4.78, 5) is 21.9. The Labute approximate surface area is 138 Å². The molecule has 0 radical (unpaired) electrons. The third-order valence-corrected chi connectivity index (χ3v) is 2.68. The molecule has 0 aromatic rings. The fraction of sp³-hybridized carbons (Fsp3) is 0.875. The average molecular weight is 334 g/mol. The van der Waals surface area contributed by atoms with Gasteiger partial charge in [0.2, 0.25) is 0 Å². The van der Waals surface area contributed by atoms with Gasteiger partial charge in [0.05, 0.1) is 52.9 Å². The minimum Gasteiger partial charge on any atom is -0.377 e. The molecule has 7 heteroatoms. The van der Waals surface area contributed by atoms with Crippen LogP contribution in [0, 0.1) is 5.92 Å². The van der Waals surface area contributed by atoms with Gasteiger partial charge in [-0.1, -0.05) is 13.8 Å². The Kier molecular flexibility index (Phi) is 15.4. The molecule has 0 atom stereocenters. The molecule has 0 N–H and O–H groups in total. The lowest BCUT2D eigenvalue weighted by atomic mass is 10.1. The Morgan fingerprint density at radius 1 is 0.652 bits per heavy atom. The summed E-state index contributed by atoms with van der Waals surface area (Å²) in [7, 11) is 0. The van der Waals surface area contributed by atoms with E-state index in [0.29, 0.717) is 52.9 Å². The molecule has 0 aromatic carbocycles. The van der Waals surface area contributed by atoms with Crippen molar-refractivity contribution in [3.8, 4) is 0 Å². The highest BCUT2D eigenvalue weighted by Crippen LogP contribution is 1.94. The van der Waals surface area contributed by atoms with E-state index < -0.39 is 0 Å². The third kappa shape index (κ3) is 17.3. The molecule has 0 rings (SSSR count). The van der Waals surface area contributed by atoms with Crippen LogP contribution in [0.1, 0.15) is 20.8 Å². The summed E-state index contributed by atoms with van der Waals surface area (Å²) >= 11 is 0. The molecule has 7 nitrogen and oxygen atoms in total. The Morgan fingerprint density at radius 3 is 1.35 bits per heavy atom. The zero-order valence-electron chi connectivity index (χ0n) is 14.5. The van der Waals surface area contributed by atoms with Crippen LogP contribution >= 0.6 is 0 Å².